The molecule has 2 aromatic carbocycles. The summed E-state index contributed by atoms with van der Waals surface area (Å²) in [6.07, 6.45) is 0. The van der Waals surface area contributed by atoms with E-state index in [0.717, 1.165) is 28.3 Å². The second-order valence-electron chi connectivity index (χ2n) is 5.01. The maximum Gasteiger partial charge on any atom is 0.230 e. The largest absolute Gasteiger partial charge is 0.355 e. The third-order valence-corrected chi connectivity index (χ3v) is 5.60. The van der Waals surface area contributed by atoms with Crippen LogP contribution in [0.1, 0.15) is 11.1 Å². The molecule has 5 heteroatoms. The number of hydrogen-bond donors (Lipinski definition) is 1. The van der Waals surface area contributed by atoms with Gasteiger partial charge in [-0.1, -0.05) is 58.4 Å². The molecule has 0 aromatic heterocycles. The minimum atomic E-state index is 0.116. The Morgan fingerprint density at radius 2 is 1.70 bits per heavy atom. The molecule has 0 spiro atoms. The summed E-state index contributed by atoms with van der Waals surface area (Å²) in [4.78, 5) is 11.8. The Morgan fingerprint density at radius 1 is 0.957 bits per heavy atom. The van der Waals surface area contributed by atoms with Crippen LogP contribution >= 0.6 is 39.5 Å². The lowest BCUT2D eigenvalue weighted by Gasteiger charge is -2.06. The Balaban J connectivity index is 1.52. The minimum Gasteiger partial charge on any atom is -0.355 e. The van der Waals surface area contributed by atoms with Crippen molar-refractivity contribution in [3.63, 3.8) is 0 Å². The Hall–Kier alpha value is -0.910. The molecule has 0 radical (unpaired) electrons. The number of hydrogen-bond acceptors (Lipinski definition) is 3. The lowest BCUT2D eigenvalue weighted by Crippen LogP contribution is -2.27. The van der Waals surface area contributed by atoms with Crippen LogP contribution in [-0.2, 0) is 16.3 Å². The number of amides is 1. The van der Waals surface area contributed by atoms with Crippen molar-refractivity contribution in [1.29, 1.82) is 0 Å². The van der Waals surface area contributed by atoms with Gasteiger partial charge in [0.25, 0.3) is 0 Å². The highest BCUT2D eigenvalue weighted by Gasteiger charge is 2.02. The van der Waals surface area contributed by atoms with Crippen LogP contribution in [-0.4, -0.2) is 24.0 Å². The van der Waals surface area contributed by atoms with Gasteiger partial charge in [-0.15, -0.1) is 11.8 Å². The first-order chi connectivity index (χ1) is 11.2. The average molecular weight is 410 g/mol. The predicted molar refractivity (Wildman–Crippen MR) is 106 cm³/mol. The third-order valence-electron chi connectivity index (χ3n) is 3.07. The SMILES string of the molecule is O=C(CSCc1cccc(Br)c1)NCCSCc1ccccc1. The number of benzene rings is 2. The minimum absolute atomic E-state index is 0.116. The van der Waals surface area contributed by atoms with E-state index in [2.05, 4.69) is 57.6 Å². The smallest absolute Gasteiger partial charge is 0.230 e. The first-order valence-corrected chi connectivity index (χ1v) is 10.5. The summed E-state index contributed by atoms with van der Waals surface area (Å²) < 4.78 is 1.08. The van der Waals surface area contributed by atoms with Gasteiger partial charge in [0.2, 0.25) is 5.91 Å². The molecular formula is C18H20BrNOS2. The van der Waals surface area contributed by atoms with Gasteiger partial charge >= 0.3 is 0 Å². The first kappa shape index (κ1) is 18.4. The van der Waals surface area contributed by atoms with Gasteiger partial charge in [-0.25, -0.2) is 0 Å². The molecule has 0 fully saturated rings. The monoisotopic (exact) mass is 409 g/mol. The van der Waals surface area contributed by atoms with E-state index < -0.39 is 0 Å². The van der Waals surface area contributed by atoms with Crippen molar-refractivity contribution < 1.29 is 4.79 Å². The van der Waals surface area contributed by atoms with Crippen LogP contribution in [0.4, 0.5) is 0 Å². The number of thioether (sulfide) groups is 2. The van der Waals surface area contributed by atoms with E-state index in [1.54, 1.807) is 11.8 Å². The summed E-state index contributed by atoms with van der Waals surface area (Å²) in [7, 11) is 0. The van der Waals surface area contributed by atoms with Crippen molar-refractivity contribution in [3.8, 4) is 0 Å². The van der Waals surface area contributed by atoms with Gasteiger partial charge in [-0.3, -0.25) is 4.79 Å². The van der Waals surface area contributed by atoms with E-state index in [4.69, 9.17) is 0 Å². The molecule has 0 aliphatic carbocycles. The summed E-state index contributed by atoms with van der Waals surface area (Å²) in [5, 5.41) is 2.98. The van der Waals surface area contributed by atoms with E-state index in [-0.39, 0.29) is 5.91 Å². The fourth-order valence-corrected chi connectivity index (χ4v) is 4.04. The van der Waals surface area contributed by atoms with Crippen molar-refractivity contribution in [2.24, 2.45) is 0 Å². The quantitative estimate of drug-likeness (QED) is 0.606. The molecule has 0 bridgehead atoms. The molecule has 122 valence electrons. The number of carbonyl (C=O) groups is 1. The molecule has 0 atom stereocenters. The zero-order valence-electron chi connectivity index (χ0n) is 12.8. The summed E-state index contributed by atoms with van der Waals surface area (Å²) in [6.45, 7) is 0.730. The third kappa shape index (κ3) is 7.95. The van der Waals surface area contributed by atoms with Gasteiger partial charge in [-0.2, -0.15) is 11.8 Å². The molecule has 23 heavy (non-hydrogen) atoms. The molecule has 0 aliphatic heterocycles. The van der Waals surface area contributed by atoms with Crippen LogP contribution in [0.25, 0.3) is 0 Å². The van der Waals surface area contributed by atoms with Gasteiger partial charge in [0.1, 0.15) is 0 Å². The van der Waals surface area contributed by atoms with Crippen LogP contribution in [0.3, 0.4) is 0 Å². The number of halogens is 1. The van der Waals surface area contributed by atoms with E-state index in [0.29, 0.717) is 5.75 Å². The van der Waals surface area contributed by atoms with E-state index in [9.17, 15) is 4.79 Å². The van der Waals surface area contributed by atoms with Crippen LogP contribution in [0.5, 0.6) is 0 Å². The standard InChI is InChI=1S/C18H20BrNOS2/c19-17-8-4-7-16(11-17)13-23-14-18(21)20-9-10-22-12-15-5-2-1-3-6-15/h1-8,11H,9-10,12-14H2,(H,20,21). The Kier molecular flexibility index (Phi) is 8.64. The normalized spacial score (nSPS) is 10.5. The van der Waals surface area contributed by atoms with Gasteiger partial charge in [0, 0.05) is 28.3 Å². The highest BCUT2D eigenvalue weighted by Crippen LogP contribution is 2.17. The van der Waals surface area contributed by atoms with Crippen LogP contribution < -0.4 is 5.32 Å². The molecular weight excluding hydrogens is 390 g/mol. The summed E-state index contributed by atoms with van der Waals surface area (Å²) in [5.41, 5.74) is 2.56. The molecule has 2 aromatic rings. The Labute approximate surface area is 155 Å². The van der Waals surface area contributed by atoms with Gasteiger partial charge in [-0.05, 0) is 23.3 Å². The van der Waals surface area contributed by atoms with Crippen molar-refractivity contribution >= 4 is 45.4 Å². The lowest BCUT2D eigenvalue weighted by molar-refractivity contribution is -0.118. The molecule has 1 amide bonds. The molecule has 0 saturated heterocycles. The summed E-state index contributed by atoms with van der Waals surface area (Å²) in [5.74, 6) is 3.42. The van der Waals surface area contributed by atoms with E-state index in [1.165, 1.54) is 11.1 Å². The summed E-state index contributed by atoms with van der Waals surface area (Å²) in [6, 6.07) is 18.6. The maximum absolute atomic E-state index is 11.8. The molecule has 2 rings (SSSR count). The van der Waals surface area contributed by atoms with Crippen LogP contribution in [0.2, 0.25) is 0 Å². The van der Waals surface area contributed by atoms with Crippen molar-refractivity contribution in [2.75, 3.05) is 18.1 Å². The van der Waals surface area contributed by atoms with Crippen molar-refractivity contribution in [3.05, 3.63) is 70.2 Å². The number of rotatable bonds is 9. The summed E-state index contributed by atoms with van der Waals surface area (Å²) >= 11 is 6.95. The van der Waals surface area contributed by atoms with E-state index >= 15 is 0 Å². The van der Waals surface area contributed by atoms with Crippen LogP contribution in [0.15, 0.2) is 59.1 Å². The molecule has 0 heterocycles. The van der Waals surface area contributed by atoms with Gasteiger partial charge in [0.15, 0.2) is 0 Å². The zero-order valence-corrected chi connectivity index (χ0v) is 16.1. The van der Waals surface area contributed by atoms with Crippen LogP contribution in [0, 0.1) is 0 Å². The second-order valence-corrected chi connectivity index (χ2v) is 8.02. The maximum atomic E-state index is 11.8. The molecule has 0 aliphatic rings. The fraction of sp³-hybridized carbons (Fsp3) is 0.278. The Bertz CT molecular complexity index is 607. The van der Waals surface area contributed by atoms with Gasteiger partial charge in [0.05, 0.1) is 5.75 Å². The fourth-order valence-electron chi connectivity index (χ4n) is 1.97. The van der Waals surface area contributed by atoms with E-state index in [1.807, 2.05) is 30.0 Å². The molecule has 0 unspecified atom stereocenters. The second kappa shape index (κ2) is 10.8. The predicted octanol–water partition coefficient (Wildman–Crippen LogP) is 4.73. The highest BCUT2D eigenvalue weighted by molar-refractivity contribution is 9.10. The lowest BCUT2D eigenvalue weighted by atomic mass is 10.2. The number of carbonyl (C=O) groups excluding carboxylic acids is 1. The van der Waals surface area contributed by atoms with Crippen molar-refractivity contribution in [2.45, 2.75) is 11.5 Å². The zero-order chi connectivity index (χ0) is 16.3. The molecule has 1 N–H and O–H groups in total. The highest BCUT2D eigenvalue weighted by atomic mass is 79.9. The molecule has 2 nitrogen and oxygen atoms in total. The average Bonchev–Trinajstić information content (AvgIpc) is 2.55. The Morgan fingerprint density at radius 3 is 2.48 bits per heavy atom. The topological polar surface area (TPSA) is 29.1 Å². The number of nitrogens with one attached hydrogen (secondary N) is 1. The van der Waals surface area contributed by atoms with Gasteiger partial charge < -0.3 is 5.32 Å². The molecule has 0 saturated carbocycles. The van der Waals surface area contributed by atoms with Crippen molar-refractivity contribution in [1.82, 2.24) is 5.32 Å². The first-order valence-electron chi connectivity index (χ1n) is 7.44.